The summed E-state index contributed by atoms with van der Waals surface area (Å²) in [5.74, 6) is -1.05. The number of esters is 1. The molecule has 0 unspecified atom stereocenters. The summed E-state index contributed by atoms with van der Waals surface area (Å²) >= 11 is 9.66. The normalized spacial score (nSPS) is 13.1. The van der Waals surface area contributed by atoms with Crippen molar-refractivity contribution in [3.63, 3.8) is 0 Å². The van der Waals surface area contributed by atoms with Crippen LogP contribution in [-0.4, -0.2) is 42.7 Å². The number of ether oxygens (including phenoxy) is 2. The summed E-state index contributed by atoms with van der Waals surface area (Å²) in [6.07, 6.45) is 1.28. The molecule has 0 amide bonds. The van der Waals surface area contributed by atoms with Crippen molar-refractivity contribution in [2.45, 2.75) is 40.7 Å². The summed E-state index contributed by atoms with van der Waals surface area (Å²) in [5.41, 5.74) is -0.409. The lowest BCUT2D eigenvalue weighted by molar-refractivity contribution is -0.138. The van der Waals surface area contributed by atoms with E-state index < -0.39 is 11.8 Å². The Balaban J connectivity index is 3.38. The third-order valence-electron chi connectivity index (χ3n) is 3.95. The van der Waals surface area contributed by atoms with Gasteiger partial charge in [-0.25, -0.2) is 4.79 Å². The predicted molar refractivity (Wildman–Crippen MR) is 113 cm³/mol. The maximum absolute atomic E-state index is 13.1. The van der Waals surface area contributed by atoms with Crippen molar-refractivity contribution in [2.75, 3.05) is 19.8 Å². The van der Waals surface area contributed by atoms with Crippen LogP contribution in [0.25, 0.3) is 0 Å². The Kier molecular flexibility index (Phi) is 9.47. The second-order valence-corrected chi connectivity index (χ2v) is 8.37. The van der Waals surface area contributed by atoms with E-state index in [4.69, 9.17) is 21.1 Å². The third-order valence-corrected chi connectivity index (χ3v) is 4.79. The maximum atomic E-state index is 13.1. The van der Waals surface area contributed by atoms with E-state index in [2.05, 4.69) is 21.2 Å². The van der Waals surface area contributed by atoms with E-state index in [1.165, 1.54) is 12.3 Å². The second kappa shape index (κ2) is 10.8. The lowest BCUT2D eigenvalue weighted by Gasteiger charge is -2.29. The monoisotopic (exact) mass is 475 g/mol. The highest BCUT2D eigenvalue weighted by atomic mass is 79.9. The lowest BCUT2D eigenvalue weighted by Crippen LogP contribution is -2.41. The fourth-order valence-corrected chi connectivity index (χ4v) is 3.01. The van der Waals surface area contributed by atoms with E-state index in [0.717, 1.165) is 0 Å². The quantitative estimate of drug-likeness (QED) is 0.183. The molecular weight excluding hydrogens is 450 g/mol. The third kappa shape index (κ3) is 6.50. The predicted octanol–water partition coefficient (Wildman–Crippen LogP) is 4.13. The van der Waals surface area contributed by atoms with Crippen LogP contribution in [0.5, 0.6) is 5.75 Å². The minimum Gasteiger partial charge on any atom is -0.492 e. The molecule has 156 valence electrons. The van der Waals surface area contributed by atoms with Crippen LogP contribution in [0.4, 0.5) is 0 Å². The molecule has 0 aromatic heterocycles. The number of carbonyl (C=O) groups is 2. The number of aliphatic hydroxyl groups is 1. The van der Waals surface area contributed by atoms with Crippen LogP contribution < -0.4 is 10.1 Å². The Morgan fingerprint density at radius 1 is 1.29 bits per heavy atom. The highest BCUT2D eigenvalue weighted by Gasteiger charge is 2.27. The standard InChI is InChI=1S/C20H27BrClNO5/c1-6-27-15-9-12(21)8-13(17(15)22)18(25)14(19(26)28-7-2)10-23-16(11-24)20(3,4)5/h8-10,16,23-24H,6-7,11H2,1-5H3/t16-/m1/s1. The number of aliphatic hydroxyl groups excluding tert-OH is 1. The molecule has 0 heterocycles. The van der Waals surface area contributed by atoms with E-state index in [1.54, 1.807) is 19.9 Å². The minimum absolute atomic E-state index is 0.108. The first kappa shape index (κ1) is 24.5. The number of benzene rings is 1. The fourth-order valence-electron chi connectivity index (χ4n) is 2.32. The average molecular weight is 477 g/mol. The molecule has 1 aromatic carbocycles. The first-order valence-electron chi connectivity index (χ1n) is 8.97. The number of Topliss-reactive ketones (excluding diaryl/α,β-unsaturated/α-hetero) is 1. The van der Waals surface area contributed by atoms with Crippen molar-refractivity contribution in [3.05, 3.63) is 39.0 Å². The Labute approximate surface area is 179 Å². The van der Waals surface area contributed by atoms with E-state index in [0.29, 0.717) is 16.8 Å². The summed E-state index contributed by atoms with van der Waals surface area (Å²) in [4.78, 5) is 25.5. The Morgan fingerprint density at radius 2 is 1.93 bits per heavy atom. The van der Waals surface area contributed by atoms with Gasteiger partial charge in [0.2, 0.25) is 5.78 Å². The van der Waals surface area contributed by atoms with Gasteiger partial charge in [-0.2, -0.15) is 0 Å². The molecule has 6 nitrogen and oxygen atoms in total. The van der Waals surface area contributed by atoms with Crippen LogP contribution in [0.15, 0.2) is 28.4 Å². The molecule has 0 aliphatic carbocycles. The average Bonchev–Trinajstić information content (AvgIpc) is 2.60. The Bertz CT molecular complexity index is 743. The van der Waals surface area contributed by atoms with E-state index in [1.807, 2.05) is 20.8 Å². The number of halogens is 2. The smallest absolute Gasteiger partial charge is 0.343 e. The van der Waals surface area contributed by atoms with Gasteiger partial charge >= 0.3 is 5.97 Å². The molecule has 0 spiro atoms. The molecule has 0 radical (unpaired) electrons. The molecule has 0 aliphatic rings. The van der Waals surface area contributed by atoms with Crippen molar-refractivity contribution < 1.29 is 24.2 Å². The van der Waals surface area contributed by atoms with Gasteiger partial charge in [0, 0.05) is 16.2 Å². The number of ketones is 1. The molecule has 1 atom stereocenters. The summed E-state index contributed by atoms with van der Waals surface area (Å²) in [5, 5.41) is 12.7. The van der Waals surface area contributed by atoms with Crippen molar-refractivity contribution in [3.8, 4) is 5.75 Å². The molecule has 0 bridgehead atoms. The molecule has 0 saturated carbocycles. The van der Waals surface area contributed by atoms with Crippen LogP contribution in [0.1, 0.15) is 45.0 Å². The molecule has 1 aromatic rings. The second-order valence-electron chi connectivity index (χ2n) is 7.07. The summed E-state index contributed by atoms with van der Waals surface area (Å²) in [7, 11) is 0. The van der Waals surface area contributed by atoms with Gasteiger partial charge < -0.3 is 19.9 Å². The van der Waals surface area contributed by atoms with Crippen LogP contribution in [0.3, 0.4) is 0 Å². The molecule has 0 fully saturated rings. The van der Waals surface area contributed by atoms with Crippen molar-refractivity contribution in [1.82, 2.24) is 5.32 Å². The summed E-state index contributed by atoms with van der Waals surface area (Å²) in [6.45, 7) is 9.56. The first-order valence-corrected chi connectivity index (χ1v) is 10.1. The van der Waals surface area contributed by atoms with Gasteiger partial charge in [-0.3, -0.25) is 4.79 Å². The Morgan fingerprint density at radius 3 is 2.43 bits per heavy atom. The molecule has 2 N–H and O–H groups in total. The van der Waals surface area contributed by atoms with E-state index in [-0.39, 0.29) is 40.8 Å². The lowest BCUT2D eigenvalue weighted by atomic mass is 9.87. The van der Waals surface area contributed by atoms with E-state index >= 15 is 0 Å². The SMILES string of the molecule is CCOC(=O)C(=CN[C@H](CO)C(C)(C)C)C(=O)c1cc(Br)cc(OCC)c1Cl. The molecule has 28 heavy (non-hydrogen) atoms. The van der Waals surface area contributed by atoms with Crippen LogP contribution >= 0.6 is 27.5 Å². The van der Waals surface area contributed by atoms with Gasteiger partial charge in [0.05, 0.1) is 30.9 Å². The van der Waals surface area contributed by atoms with Crippen LogP contribution in [0.2, 0.25) is 5.02 Å². The van der Waals surface area contributed by atoms with Crippen molar-refractivity contribution in [1.29, 1.82) is 0 Å². The van der Waals surface area contributed by atoms with Crippen LogP contribution in [0, 0.1) is 5.41 Å². The van der Waals surface area contributed by atoms with Gasteiger partial charge in [0.1, 0.15) is 11.3 Å². The van der Waals surface area contributed by atoms with Gasteiger partial charge in [-0.15, -0.1) is 0 Å². The van der Waals surface area contributed by atoms with Gasteiger partial charge in [-0.05, 0) is 31.4 Å². The highest BCUT2D eigenvalue weighted by Crippen LogP contribution is 2.34. The molecule has 0 saturated heterocycles. The summed E-state index contributed by atoms with van der Waals surface area (Å²) in [6, 6.07) is 2.80. The zero-order valence-corrected chi connectivity index (χ0v) is 19.1. The van der Waals surface area contributed by atoms with Gasteiger partial charge in [0.15, 0.2) is 0 Å². The zero-order chi connectivity index (χ0) is 21.5. The molecule has 1 rings (SSSR count). The Hall–Kier alpha value is -1.57. The van der Waals surface area contributed by atoms with Gasteiger partial charge in [-0.1, -0.05) is 48.3 Å². The number of carbonyl (C=O) groups excluding carboxylic acids is 2. The number of nitrogens with one attached hydrogen (secondary N) is 1. The van der Waals surface area contributed by atoms with E-state index in [9.17, 15) is 14.7 Å². The minimum atomic E-state index is -0.778. The number of rotatable bonds is 9. The van der Waals surface area contributed by atoms with Crippen LogP contribution in [-0.2, 0) is 9.53 Å². The number of hydrogen-bond acceptors (Lipinski definition) is 6. The summed E-state index contributed by atoms with van der Waals surface area (Å²) < 4.78 is 11.1. The molecule has 8 heteroatoms. The topological polar surface area (TPSA) is 84.9 Å². The van der Waals surface area contributed by atoms with Gasteiger partial charge in [0.25, 0.3) is 0 Å². The highest BCUT2D eigenvalue weighted by molar-refractivity contribution is 9.10. The molecular formula is C20H27BrClNO5. The van der Waals surface area contributed by atoms with Crippen molar-refractivity contribution in [2.24, 2.45) is 5.41 Å². The largest absolute Gasteiger partial charge is 0.492 e. The van der Waals surface area contributed by atoms with Crippen molar-refractivity contribution >= 4 is 39.3 Å². The maximum Gasteiger partial charge on any atom is 0.343 e. The first-order chi connectivity index (χ1) is 13.1. The fraction of sp³-hybridized carbons (Fsp3) is 0.500. The molecule has 0 aliphatic heterocycles. The number of hydrogen-bond donors (Lipinski definition) is 2. The zero-order valence-electron chi connectivity index (χ0n) is 16.8.